The van der Waals surface area contributed by atoms with Crippen molar-refractivity contribution in [2.24, 2.45) is 0 Å². The Morgan fingerprint density at radius 2 is 1.96 bits per heavy atom. The van der Waals surface area contributed by atoms with Gasteiger partial charge in [-0.25, -0.2) is 0 Å². The number of fused-ring (bicyclic) bond motifs is 3. The van der Waals surface area contributed by atoms with Gasteiger partial charge in [0.25, 0.3) is 0 Å². The molecule has 0 fully saturated rings. The third-order valence-electron chi connectivity index (χ3n) is 6.10. The number of rotatable bonds is 6. The van der Waals surface area contributed by atoms with E-state index in [1.165, 1.54) is 22.1 Å². The molecule has 1 aliphatic rings. The Morgan fingerprint density at radius 3 is 2.64 bits per heavy atom. The van der Waals surface area contributed by atoms with Crippen molar-refractivity contribution in [1.82, 2.24) is 4.98 Å². The van der Waals surface area contributed by atoms with Crippen LogP contribution in [0.5, 0.6) is 0 Å². The summed E-state index contributed by atoms with van der Waals surface area (Å²) in [6, 6.07) is 16.8. The minimum atomic E-state index is -0.830. The molecule has 2 atom stereocenters. The van der Waals surface area contributed by atoms with Gasteiger partial charge in [-0.3, -0.25) is 4.79 Å². The zero-order chi connectivity index (χ0) is 19.7. The zero-order valence-electron chi connectivity index (χ0n) is 16.5. The van der Waals surface area contributed by atoms with E-state index in [1.54, 1.807) is 0 Å². The molecule has 0 saturated heterocycles. The lowest BCUT2D eigenvalue weighted by molar-refractivity contribution is -0.149. The second kappa shape index (κ2) is 7.44. The van der Waals surface area contributed by atoms with Gasteiger partial charge >= 0.3 is 5.97 Å². The summed E-state index contributed by atoms with van der Waals surface area (Å²) in [5.41, 5.74) is 5.06. The molecule has 4 rings (SSSR count). The molecule has 4 nitrogen and oxygen atoms in total. The van der Waals surface area contributed by atoms with E-state index in [-0.39, 0.29) is 12.3 Å². The third kappa shape index (κ3) is 3.12. The average molecular weight is 377 g/mol. The van der Waals surface area contributed by atoms with Crippen LogP contribution in [0.4, 0.5) is 0 Å². The van der Waals surface area contributed by atoms with Crippen LogP contribution in [0.2, 0.25) is 0 Å². The Balaban J connectivity index is 1.90. The number of ether oxygens (including phenoxy) is 1. The van der Waals surface area contributed by atoms with Gasteiger partial charge in [0, 0.05) is 16.8 Å². The van der Waals surface area contributed by atoms with Crippen molar-refractivity contribution in [3.05, 3.63) is 70.9 Å². The van der Waals surface area contributed by atoms with E-state index in [0.29, 0.717) is 13.0 Å². The van der Waals surface area contributed by atoms with Gasteiger partial charge in [-0.2, -0.15) is 0 Å². The molecule has 2 heterocycles. The zero-order valence-corrected chi connectivity index (χ0v) is 16.5. The van der Waals surface area contributed by atoms with Gasteiger partial charge in [0.15, 0.2) is 0 Å². The maximum atomic E-state index is 11.7. The molecule has 0 radical (unpaired) electrons. The Morgan fingerprint density at radius 1 is 1.18 bits per heavy atom. The summed E-state index contributed by atoms with van der Waals surface area (Å²) in [5, 5.41) is 10.8. The molecule has 28 heavy (non-hydrogen) atoms. The van der Waals surface area contributed by atoms with Gasteiger partial charge in [-0.1, -0.05) is 62.4 Å². The van der Waals surface area contributed by atoms with Gasteiger partial charge in [0.1, 0.15) is 5.60 Å². The monoisotopic (exact) mass is 377 g/mol. The van der Waals surface area contributed by atoms with Crippen LogP contribution in [0.25, 0.3) is 10.9 Å². The molecule has 2 aromatic carbocycles. The lowest BCUT2D eigenvalue weighted by Gasteiger charge is -2.39. The second-order valence-corrected chi connectivity index (χ2v) is 7.72. The molecule has 0 spiro atoms. The van der Waals surface area contributed by atoms with Crippen molar-refractivity contribution in [2.75, 3.05) is 6.61 Å². The van der Waals surface area contributed by atoms with Crippen molar-refractivity contribution in [1.29, 1.82) is 0 Å². The molecule has 0 bridgehead atoms. The molecule has 1 unspecified atom stereocenters. The number of nitrogens with one attached hydrogen (secondary N) is 1. The number of carboxylic acids is 1. The Kier molecular flexibility index (Phi) is 4.98. The van der Waals surface area contributed by atoms with Crippen molar-refractivity contribution in [3.8, 4) is 0 Å². The molecule has 2 N–H and O–H groups in total. The van der Waals surface area contributed by atoms with Crippen LogP contribution < -0.4 is 0 Å². The second-order valence-electron chi connectivity index (χ2n) is 7.72. The molecule has 0 saturated carbocycles. The van der Waals surface area contributed by atoms with Gasteiger partial charge < -0.3 is 14.8 Å². The van der Waals surface area contributed by atoms with Gasteiger partial charge in [-0.15, -0.1) is 0 Å². The Hall–Kier alpha value is -2.59. The fourth-order valence-corrected chi connectivity index (χ4v) is 4.64. The highest BCUT2D eigenvalue weighted by Gasteiger charge is 2.44. The van der Waals surface area contributed by atoms with Crippen LogP contribution in [0, 0.1) is 0 Å². The van der Waals surface area contributed by atoms with E-state index in [0.717, 1.165) is 24.1 Å². The molecule has 4 heteroatoms. The fourth-order valence-electron chi connectivity index (χ4n) is 4.64. The number of aliphatic carboxylic acids is 1. The van der Waals surface area contributed by atoms with Crippen LogP contribution in [0.15, 0.2) is 48.5 Å². The molecule has 3 aromatic rings. The summed E-state index contributed by atoms with van der Waals surface area (Å²) in [6.45, 7) is 4.69. The molecular weight excluding hydrogens is 350 g/mol. The third-order valence-corrected chi connectivity index (χ3v) is 6.10. The smallest absolute Gasteiger partial charge is 0.306 e. The number of aromatic nitrogens is 1. The Bertz CT molecular complexity index is 992. The number of benzene rings is 2. The number of H-pyrrole nitrogens is 1. The SMILES string of the molecule is CCc1cccc2c3c([nH]c12)C(CC)(CC(=O)O)OC[C@@H]3Cc1ccccc1. The van der Waals surface area contributed by atoms with Crippen LogP contribution >= 0.6 is 0 Å². The summed E-state index contributed by atoms with van der Waals surface area (Å²) in [6.07, 6.45) is 2.41. The van der Waals surface area contributed by atoms with E-state index in [2.05, 4.69) is 54.4 Å². The first-order valence-corrected chi connectivity index (χ1v) is 10.1. The van der Waals surface area contributed by atoms with Gasteiger partial charge in [0.2, 0.25) is 0 Å². The van der Waals surface area contributed by atoms with Crippen molar-refractivity contribution in [2.45, 2.75) is 51.0 Å². The highest BCUT2D eigenvalue weighted by Crippen LogP contribution is 2.47. The summed E-state index contributed by atoms with van der Waals surface area (Å²) < 4.78 is 6.33. The first-order valence-electron chi connectivity index (χ1n) is 10.1. The first kappa shape index (κ1) is 18.8. The largest absolute Gasteiger partial charge is 0.481 e. The van der Waals surface area contributed by atoms with Crippen LogP contribution in [0.3, 0.4) is 0 Å². The predicted molar refractivity (Wildman–Crippen MR) is 111 cm³/mol. The minimum absolute atomic E-state index is 0.0250. The summed E-state index contributed by atoms with van der Waals surface area (Å²) in [5.74, 6) is -0.629. The number of aryl methyl sites for hydroxylation is 1. The normalized spacial score (nSPS) is 21.6. The van der Waals surface area contributed by atoms with E-state index in [1.807, 2.05) is 13.0 Å². The molecule has 0 aliphatic carbocycles. The van der Waals surface area contributed by atoms with Crippen molar-refractivity contribution < 1.29 is 14.6 Å². The first-order chi connectivity index (χ1) is 13.6. The summed E-state index contributed by atoms with van der Waals surface area (Å²) in [4.78, 5) is 15.3. The number of carbonyl (C=O) groups is 1. The summed E-state index contributed by atoms with van der Waals surface area (Å²) >= 11 is 0. The fraction of sp³-hybridized carbons (Fsp3) is 0.375. The lowest BCUT2D eigenvalue weighted by atomic mass is 9.80. The minimum Gasteiger partial charge on any atom is -0.481 e. The predicted octanol–water partition coefficient (Wildman–Crippen LogP) is 5.17. The van der Waals surface area contributed by atoms with E-state index >= 15 is 0 Å². The number of aromatic amines is 1. The summed E-state index contributed by atoms with van der Waals surface area (Å²) in [7, 11) is 0. The highest BCUT2D eigenvalue weighted by atomic mass is 16.5. The maximum Gasteiger partial charge on any atom is 0.306 e. The number of hydrogen-bond acceptors (Lipinski definition) is 2. The van der Waals surface area contributed by atoms with Gasteiger partial charge in [-0.05, 0) is 36.0 Å². The van der Waals surface area contributed by atoms with Crippen molar-refractivity contribution in [3.63, 3.8) is 0 Å². The highest BCUT2D eigenvalue weighted by molar-refractivity contribution is 5.89. The van der Waals surface area contributed by atoms with Gasteiger partial charge in [0.05, 0.1) is 18.7 Å². The number of para-hydroxylation sites is 1. The average Bonchev–Trinajstić information content (AvgIpc) is 3.11. The number of carboxylic acid groups (broad SMARTS) is 1. The topological polar surface area (TPSA) is 62.3 Å². The van der Waals surface area contributed by atoms with Crippen molar-refractivity contribution >= 4 is 16.9 Å². The molecular formula is C24H27NO3. The van der Waals surface area contributed by atoms with Crippen LogP contribution in [-0.4, -0.2) is 22.7 Å². The van der Waals surface area contributed by atoms with Crippen LogP contribution in [0.1, 0.15) is 55.0 Å². The Labute approximate surface area is 165 Å². The maximum absolute atomic E-state index is 11.7. The van der Waals surface area contributed by atoms with E-state index < -0.39 is 11.6 Å². The standard InChI is InChI=1S/C24H27NO3/c1-3-17-11-8-12-19-21-18(13-16-9-6-5-7-10-16)15-28-24(4-2,14-20(26)27)23(21)25-22(17)19/h5-12,18,25H,3-4,13-15H2,1-2H3,(H,26,27)/t18-,24?/m0/s1. The van der Waals surface area contributed by atoms with E-state index in [4.69, 9.17) is 4.74 Å². The van der Waals surface area contributed by atoms with E-state index in [9.17, 15) is 9.90 Å². The number of hydrogen-bond donors (Lipinski definition) is 2. The molecule has 1 aliphatic heterocycles. The molecule has 146 valence electrons. The quantitative estimate of drug-likeness (QED) is 0.623. The van der Waals surface area contributed by atoms with Crippen LogP contribution in [-0.2, 0) is 28.0 Å². The lowest BCUT2D eigenvalue weighted by Crippen LogP contribution is -2.39. The molecule has 0 amide bonds. The molecule has 1 aromatic heterocycles.